The smallest absolute Gasteiger partial charge is 0.188 e. The monoisotopic (exact) mass is 261 g/mol. The van der Waals surface area contributed by atoms with Crippen molar-refractivity contribution in [3.8, 4) is 0 Å². The van der Waals surface area contributed by atoms with Gasteiger partial charge in [0.05, 0.1) is 19.8 Å². The molecule has 0 saturated heterocycles. The van der Waals surface area contributed by atoms with Crippen molar-refractivity contribution >= 4 is 5.96 Å². The van der Waals surface area contributed by atoms with E-state index in [2.05, 4.69) is 10.3 Å². The molecule has 0 spiro atoms. The second-order valence-electron chi connectivity index (χ2n) is 4.08. The van der Waals surface area contributed by atoms with Gasteiger partial charge in [-0.3, -0.25) is 4.99 Å². The number of guanidine groups is 1. The Balaban J connectivity index is 3.39. The highest BCUT2D eigenvalue weighted by Crippen LogP contribution is 1.91. The van der Waals surface area contributed by atoms with Crippen LogP contribution in [-0.4, -0.2) is 59.2 Å². The summed E-state index contributed by atoms with van der Waals surface area (Å²) in [6.45, 7) is 5.36. The summed E-state index contributed by atoms with van der Waals surface area (Å²) < 4.78 is 15.2. The average molecular weight is 261 g/mol. The molecule has 0 heterocycles. The molecule has 0 aromatic heterocycles. The maximum absolute atomic E-state index is 5.72. The molecule has 6 heteroatoms. The van der Waals surface area contributed by atoms with E-state index in [0.717, 1.165) is 19.4 Å². The quantitative estimate of drug-likeness (QED) is 0.319. The molecule has 18 heavy (non-hydrogen) atoms. The van der Waals surface area contributed by atoms with Crippen LogP contribution in [0.2, 0.25) is 0 Å². The van der Waals surface area contributed by atoms with E-state index in [0.29, 0.717) is 32.3 Å². The molecule has 0 amide bonds. The lowest BCUT2D eigenvalue weighted by molar-refractivity contribution is 0.0690. The maximum atomic E-state index is 5.72. The zero-order valence-corrected chi connectivity index (χ0v) is 11.8. The Morgan fingerprint density at radius 3 is 2.61 bits per heavy atom. The zero-order valence-electron chi connectivity index (χ0n) is 11.8. The third kappa shape index (κ3) is 11.6. The Kier molecular flexibility index (Phi) is 12.0. The minimum Gasteiger partial charge on any atom is -0.383 e. The van der Waals surface area contributed by atoms with E-state index < -0.39 is 0 Å². The fourth-order valence-electron chi connectivity index (χ4n) is 1.35. The molecule has 0 radical (unpaired) electrons. The van der Waals surface area contributed by atoms with Gasteiger partial charge in [-0.1, -0.05) is 0 Å². The highest BCUT2D eigenvalue weighted by atomic mass is 16.5. The zero-order chi connectivity index (χ0) is 13.6. The summed E-state index contributed by atoms with van der Waals surface area (Å²) in [6.07, 6.45) is 1.95. The van der Waals surface area contributed by atoms with Crippen molar-refractivity contribution in [1.29, 1.82) is 0 Å². The van der Waals surface area contributed by atoms with Crippen LogP contribution in [0.1, 0.15) is 19.8 Å². The third-order valence-corrected chi connectivity index (χ3v) is 2.22. The van der Waals surface area contributed by atoms with Crippen LogP contribution in [-0.2, 0) is 14.2 Å². The highest BCUT2D eigenvalue weighted by molar-refractivity contribution is 5.78. The fourth-order valence-corrected chi connectivity index (χ4v) is 1.35. The number of nitrogens with zero attached hydrogens (tertiary/aromatic N) is 1. The van der Waals surface area contributed by atoms with Crippen LogP contribution in [0.25, 0.3) is 0 Å². The second kappa shape index (κ2) is 12.6. The lowest BCUT2D eigenvalue weighted by Crippen LogP contribution is -2.40. The van der Waals surface area contributed by atoms with E-state index in [1.807, 2.05) is 6.92 Å². The number of nitrogens with one attached hydrogen (secondary N) is 1. The van der Waals surface area contributed by atoms with Crippen molar-refractivity contribution in [1.82, 2.24) is 5.32 Å². The van der Waals surface area contributed by atoms with Crippen molar-refractivity contribution in [3.63, 3.8) is 0 Å². The molecule has 0 bridgehead atoms. The molecule has 0 aliphatic rings. The molecule has 1 atom stereocenters. The van der Waals surface area contributed by atoms with E-state index in [1.54, 1.807) is 14.2 Å². The van der Waals surface area contributed by atoms with Gasteiger partial charge in [0, 0.05) is 33.4 Å². The molecule has 0 saturated carbocycles. The topological polar surface area (TPSA) is 78.1 Å². The largest absolute Gasteiger partial charge is 0.383 e. The molecule has 0 rings (SSSR count). The first-order chi connectivity index (χ1) is 8.70. The Hall–Kier alpha value is -0.850. The first kappa shape index (κ1) is 17.2. The van der Waals surface area contributed by atoms with Gasteiger partial charge in [-0.15, -0.1) is 0 Å². The predicted molar refractivity (Wildman–Crippen MR) is 72.9 cm³/mol. The third-order valence-electron chi connectivity index (χ3n) is 2.22. The van der Waals surface area contributed by atoms with Gasteiger partial charge in [-0.2, -0.15) is 0 Å². The van der Waals surface area contributed by atoms with Crippen LogP contribution in [0.15, 0.2) is 4.99 Å². The standard InChI is InChI=1S/C12H27N3O3/c1-11(10-17-3)15-12(13)14-6-4-5-7-18-9-8-16-2/h11H,4-10H2,1-3H3,(H3,13,14,15). The number of methoxy groups -OCH3 is 2. The number of hydrogen-bond acceptors (Lipinski definition) is 4. The Labute approximate surface area is 110 Å². The van der Waals surface area contributed by atoms with Crippen molar-refractivity contribution < 1.29 is 14.2 Å². The summed E-state index contributed by atoms with van der Waals surface area (Å²) in [5.74, 6) is 0.472. The number of aliphatic imine (C=N–C) groups is 1. The normalized spacial score (nSPS) is 13.6. The Bertz CT molecular complexity index is 213. The molecular formula is C12H27N3O3. The molecule has 1 unspecified atom stereocenters. The molecule has 108 valence electrons. The SMILES string of the molecule is COCCOCCCCN=C(N)NC(C)COC. The maximum Gasteiger partial charge on any atom is 0.188 e. The van der Waals surface area contributed by atoms with Gasteiger partial charge in [0.2, 0.25) is 0 Å². The molecule has 3 N–H and O–H groups in total. The van der Waals surface area contributed by atoms with Gasteiger partial charge < -0.3 is 25.3 Å². The number of hydrogen-bond donors (Lipinski definition) is 2. The molecule has 6 nitrogen and oxygen atoms in total. The predicted octanol–water partition coefficient (Wildman–Crippen LogP) is 0.369. The van der Waals surface area contributed by atoms with Crippen LogP contribution < -0.4 is 11.1 Å². The first-order valence-electron chi connectivity index (χ1n) is 6.32. The average Bonchev–Trinajstić information content (AvgIpc) is 2.32. The molecule has 0 aliphatic heterocycles. The van der Waals surface area contributed by atoms with Crippen molar-refractivity contribution in [2.24, 2.45) is 10.7 Å². The molecule has 0 aliphatic carbocycles. The Morgan fingerprint density at radius 2 is 1.94 bits per heavy atom. The fraction of sp³-hybridized carbons (Fsp3) is 0.917. The van der Waals surface area contributed by atoms with Crippen LogP contribution >= 0.6 is 0 Å². The summed E-state index contributed by atoms with van der Waals surface area (Å²) >= 11 is 0. The van der Waals surface area contributed by atoms with Crippen LogP contribution in [0.5, 0.6) is 0 Å². The summed E-state index contributed by atoms with van der Waals surface area (Å²) in [5.41, 5.74) is 5.72. The molecule has 0 aromatic rings. The van der Waals surface area contributed by atoms with E-state index in [4.69, 9.17) is 19.9 Å². The van der Waals surface area contributed by atoms with Crippen LogP contribution in [0.3, 0.4) is 0 Å². The molecule has 0 aromatic carbocycles. The molecular weight excluding hydrogens is 234 g/mol. The second-order valence-corrected chi connectivity index (χ2v) is 4.08. The van der Waals surface area contributed by atoms with E-state index in [9.17, 15) is 0 Å². The summed E-state index contributed by atoms with van der Waals surface area (Å²) in [4.78, 5) is 4.23. The number of nitrogens with two attached hydrogens (primary N) is 1. The summed E-state index contributed by atoms with van der Waals surface area (Å²) in [7, 11) is 3.33. The lowest BCUT2D eigenvalue weighted by Gasteiger charge is -2.12. The number of rotatable bonds is 11. The minimum absolute atomic E-state index is 0.177. The van der Waals surface area contributed by atoms with Gasteiger partial charge in [0.1, 0.15) is 0 Å². The van der Waals surface area contributed by atoms with Crippen LogP contribution in [0.4, 0.5) is 0 Å². The van der Waals surface area contributed by atoms with Crippen LogP contribution in [0, 0.1) is 0 Å². The van der Waals surface area contributed by atoms with Crippen molar-refractivity contribution in [2.75, 3.05) is 47.2 Å². The van der Waals surface area contributed by atoms with Gasteiger partial charge in [-0.25, -0.2) is 0 Å². The van der Waals surface area contributed by atoms with Crippen molar-refractivity contribution in [3.05, 3.63) is 0 Å². The first-order valence-corrected chi connectivity index (χ1v) is 6.32. The van der Waals surface area contributed by atoms with E-state index >= 15 is 0 Å². The minimum atomic E-state index is 0.177. The molecule has 0 fully saturated rings. The number of unbranched alkanes of at least 4 members (excludes halogenated alkanes) is 1. The van der Waals surface area contributed by atoms with E-state index in [-0.39, 0.29) is 6.04 Å². The van der Waals surface area contributed by atoms with Gasteiger partial charge in [-0.05, 0) is 19.8 Å². The summed E-state index contributed by atoms with van der Waals surface area (Å²) in [6, 6.07) is 0.177. The van der Waals surface area contributed by atoms with Gasteiger partial charge >= 0.3 is 0 Å². The van der Waals surface area contributed by atoms with Gasteiger partial charge in [0.25, 0.3) is 0 Å². The Morgan fingerprint density at radius 1 is 1.17 bits per heavy atom. The van der Waals surface area contributed by atoms with E-state index in [1.165, 1.54) is 0 Å². The van der Waals surface area contributed by atoms with Crippen molar-refractivity contribution in [2.45, 2.75) is 25.8 Å². The highest BCUT2D eigenvalue weighted by Gasteiger charge is 2.00. The number of ether oxygens (including phenoxy) is 3. The lowest BCUT2D eigenvalue weighted by atomic mass is 10.3. The summed E-state index contributed by atoms with van der Waals surface area (Å²) in [5, 5.41) is 3.05. The van der Waals surface area contributed by atoms with Gasteiger partial charge in [0.15, 0.2) is 5.96 Å².